The van der Waals surface area contributed by atoms with Crippen LogP contribution in [0, 0.1) is 0 Å². The second-order valence-electron chi connectivity index (χ2n) is 2.29. The van der Waals surface area contributed by atoms with Gasteiger partial charge in [-0.2, -0.15) is 0 Å². The van der Waals surface area contributed by atoms with Crippen molar-refractivity contribution in [1.82, 2.24) is 0 Å². The summed E-state index contributed by atoms with van der Waals surface area (Å²) in [6.45, 7) is 4.04. The number of ether oxygens (including phenoxy) is 1. The fourth-order valence-electron chi connectivity index (χ4n) is 0.779. The predicted molar refractivity (Wildman–Crippen MR) is 54.2 cm³/mol. The van der Waals surface area contributed by atoms with Gasteiger partial charge in [-0.05, 0) is 28.1 Å². The topological polar surface area (TPSA) is 35.2 Å². The maximum atomic E-state index is 5.57. The molecule has 64 valence electrons. The molecule has 0 atom stereocenters. The summed E-state index contributed by atoms with van der Waals surface area (Å²) >= 11 is 3.35. The first-order valence-corrected chi connectivity index (χ1v) is 4.32. The minimum atomic E-state index is 0.488. The highest BCUT2D eigenvalue weighted by molar-refractivity contribution is 9.10. The molecule has 0 saturated carbocycles. The summed E-state index contributed by atoms with van der Waals surface area (Å²) in [6.07, 6.45) is 1.69. The molecule has 0 aliphatic heterocycles. The van der Waals surface area contributed by atoms with E-state index in [1.807, 2.05) is 12.1 Å². The Morgan fingerprint density at radius 1 is 1.58 bits per heavy atom. The maximum absolute atomic E-state index is 5.57. The van der Waals surface area contributed by atoms with Gasteiger partial charge in [-0.15, -0.1) is 0 Å². The Morgan fingerprint density at radius 2 is 2.33 bits per heavy atom. The molecule has 0 bridgehead atoms. The molecular formula is C9H10BrNO. The maximum Gasteiger partial charge on any atom is 0.136 e. The highest BCUT2D eigenvalue weighted by Gasteiger charge is 1.99. The molecule has 1 rings (SSSR count). The van der Waals surface area contributed by atoms with Gasteiger partial charge in [0.05, 0.1) is 4.47 Å². The predicted octanol–water partition coefficient (Wildman–Crippen LogP) is 2.60. The van der Waals surface area contributed by atoms with E-state index >= 15 is 0 Å². The third kappa shape index (κ3) is 2.27. The van der Waals surface area contributed by atoms with Crippen molar-refractivity contribution in [2.75, 3.05) is 12.3 Å². The van der Waals surface area contributed by atoms with Crippen LogP contribution in [-0.2, 0) is 0 Å². The van der Waals surface area contributed by atoms with Crippen LogP contribution in [0.4, 0.5) is 5.69 Å². The van der Waals surface area contributed by atoms with Crippen molar-refractivity contribution in [2.45, 2.75) is 0 Å². The van der Waals surface area contributed by atoms with Crippen molar-refractivity contribution in [3.8, 4) is 5.75 Å². The smallest absolute Gasteiger partial charge is 0.136 e. The Kier molecular flexibility index (Phi) is 3.17. The Balaban J connectivity index is 2.82. The average Bonchev–Trinajstić information content (AvgIpc) is 2.07. The van der Waals surface area contributed by atoms with Crippen LogP contribution >= 0.6 is 15.9 Å². The first-order valence-electron chi connectivity index (χ1n) is 3.52. The quantitative estimate of drug-likeness (QED) is 0.637. The monoisotopic (exact) mass is 227 g/mol. The van der Waals surface area contributed by atoms with Crippen LogP contribution in [0.2, 0.25) is 0 Å². The molecule has 0 fully saturated rings. The molecule has 2 N–H and O–H groups in total. The lowest BCUT2D eigenvalue weighted by Crippen LogP contribution is -1.94. The molecule has 1 aromatic rings. The van der Waals surface area contributed by atoms with E-state index in [9.17, 15) is 0 Å². The summed E-state index contributed by atoms with van der Waals surface area (Å²) in [6, 6.07) is 5.44. The van der Waals surface area contributed by atoms with Crippen molar-refractivity contribution >= 4 is 21.6 Å². The molecule has 0 radical (unpaired) electrons. The molecule has 0 aliphatic carbocycles. The van der Waals surface area contributed by atoms with Crippen molar-refractivity contribution in [3.63, 3.8) is 0 Å². The number of hydrogen-bond donors (Lipinski definition) is 1. The molecule has 0 aliphatic rings. The largest absolute Gasteiger partial charge is 0.488 e. The number of anilines is 1. The van der Waals surface area contributed by atoms with Crippen LogP contribution in [0.15, 0.2) is 35.3 Å². The minimum absolute atomic E-state index is 0.488. The van der Waals surface area contributed by atoms with Gasteiger partial charge < -0.3 is 10.5 Å². The first kappa shape index (κ1) is 9.13. The van der Waals surface area contributed by atoms with E-state index in [2.05, 4.69) is 22.5 Å². The van der Waals surface area contributed by atoms with Gasteiger partial charge in [0.2, 0.25) is 0 Å². The zero-order valence-corrected chi connectivity index (χ0v) is 8.17. The number of nitrogen functional groups attached to an aromatic ring is 1. The van der Waals surface area contributed by atoms with Gasteiger partial charge in [0, 0.05) is 11.8 Å². The Labute approximate surface area is 80.2 Å². The fraction of sp³-hybridized carbons (Fsp3) is 0.111. The minimum Gasteiger partial charge on any atom is -0.488 e. The lowest BCUT2D eigenvalue weighted by Gasteiger charge is -2.05. The first-order chi connectivity index (χ1) is 5.74. The standard InChI is InChI=1S/C9H10BrNO/c1-2-5-12-9-6-7(11)3-4-8(9)10/h2-4,6H,1,5,11H2. The van der Waals surface area contributed by atoms with E-state index < -0.39 is 0 Å². The molecule has 0 aromatic heterocycles. The number of halogens is 1. The summed E-state index contributed by atoms with van der Waals surface area (Å²) in [4.78, 5) is 0. The SMILES string of the molecule is C=CCOc1cc(N)ccc1Br. The summed E-state index contributed by atoms with van der Waals surface area (Å²) in [7, 11) is 0. The van der Waals surface area contributed by atoms with Gasteiger partial charge in [-0.3, -0.25) is 0 Å². The van der Waals surface area contributed by atoms with E-state index in [4.69, 9.17) is 10.5 Å². The molecule has 3 heteroatoms. The summed E-state index contributed by atoms with van der Waals surface area (Å²) < 4.78 is 6.22. The normalized spacial score (nSPS) is 9.42. The van der Waals surface area contributed by atoms with Gasteiger partial charge in [0.25, 0.3) is 0 Å². The Bertz CT molecular complexity index is 286. The number of benzene rings is 1. The van der Waals surface area contributed by atoms with Crippen LogP contribution in [0.25, 0.3) is 0 Å². The van der Waals surface area contributed by atoms with Crippen LogP contribution in [0.1, 0.15) is 0 Å². The fourth-order valence-corrected chi connectivity index (χ4v) is 1.14. The molecule has 1 aromatic carbocycles. The average molecular weight is 228 g/mol. The van der Waals surface area contributed by atoms with Gasteiger partial charge in [-0.1, -0.05) is 12.7 Å². The van der Waals surface area contributed by atoms with E-state index in [0.29, 0.717) is 12.3 Å². The molecule has 0 spiro atoms. The number of hydrogen-bond acceptors (Lipinski definition) is 2. The second kappa shape index (κ2) is 4.16. The number of rotatable bonds is 3. The lowest BCUT2D eigenvalue weighted by atomic mass is 10.3. The summed E-state index contributed by atoms with van der Waals surface area (Å²) in [5.41, 5.74) is 6.26. The zero-order chi connectivity index (χ0) is 8.97. The summed E-state index contributed by atoms with van der Waals surface area (Å²) in [5.74, 6) is 0.745. The molecule has 0 heterocycles. The number of nitrogens with two attached hydrogens (primary N) is 1. The second-order valence-corrected chi connectivity index (χ2v) is 3.14. The van der Waals surface area contributed by atoms with Crippen molar-refractivity contribution in [2.24, 2.45) is 0 Å². The van der Waals surface area contributed by atoms with Crippen LogP contribution in [0.5, 0.6) is 5.75 Å². The van der Waals surface area contributed by atoms with Crippen molar-refractivity contribution in [1.29, 1.82) is 0 Å². The van der Waals surface area contributed by atoms with Gasteiger partial charge in [0.1, 0.15) is 12.4 Å². The third-order valence-corrected chi connectivity index (χ3v) is 1.97. The lowest BCUT2D eigenvalue weighted by molar-refractivity contribution is 0.361. The molecule has 0 unspecified atom stereocenters. The molecule has 0 saturated heterocycles. The molecule has 12 heavy (non-hydrogen) atoms. The van der Waals surface area contributed by atoms with Crippen LogP contribution < -0.4 is 10.5 Å². The highest BCUT2D eigenvalue weighted by atomic mass is 79.9. The van der Waals surface area contributed by atoms with Crippen LogP contribution in [0.3, 0.4) is 0 Å². The van der Waals surface area contributed by atoms with E-state index in [-0.39, 0.29) is 0 Å². The van der Waals surface area contributed by atoms with E-state index in [1.54, 1.807) is 12.1 Å². The van der Waals surface area contributed by atoms with Crippen LogP contribution in [-0.4, -0.2) is 6.61 Å². The zero-order valence-electron chi connectivity index (χ0n) is 6.59. The van der Waals surface area contributed by atoms with Gasteiger partial charge in [0.15, 0.2) is 0 Å². The Hall–Kier alpha value is -0.960. The molecule has 0 amide bonds. The Morgan fingerprint density at radius 3 is 3.00 bits per heavy atom. The van der Waals surface area contributed by atoms with Gasteiger partial charge in [-0.25, -0.2) is 0 Å². The molecule has 2 nitrogen and oxygen atoms in total. The summed E-state index contributed by atoms with van der Waals surface area (Å²) in [5, 5.41) is 0. The third-order valence-electron chi connectivity index (χ3n) is 1.31. The molecular weight excluding hydrogens is 218 g/mol. The van der Waals surface area contributed by atoms with Gasteiger partial charge >= 0.3 is 0 Å². The van der Waals surface area contributed by atoms with Crippen molar-refractivity contribution < 1.29 is 4.74 Å². The highest BCUT2D eigenvalue weighted by Crippen LogP contribution is 2.26. The van der Waals surface area contributed by atoms with E-state index in [0.717, 1.165) is 10.2 Å². The van der Waals surface area contributed by atoms with E-state index in [1.165, 1.54) is 0 Å². The van der Waals surface area contributed by atoms with Crippen molar-refractivity contribution in [3.05, 3.63) is 35.3 Å².